The fraction of sp³-hybridized carbons (Fsp3) is 0.250. The van der Waals surface area contributed by atoms with Gasteiger partial charge in [0.15, 0.2) is 5.65 Å². The molecule has 27 heavy (non-hydrogen) atoms. The summed E-state index contributed by atoms with van der Waals surface area (Å²) in [5, 5.41) is 11.8. The van der Waals surface area contributed by atoms with Gasteiger partial charge in [0.25, 0.3) is 0 Å². The van der Waals surface area contributed by atoms with Crippen molar-refractivity contribution >= 4 is 23.1 Å². The van der Waals surface area contributed by atoms with Gasteiger partial charge in [0.2, 0.25) is 0 Å². The van der Waals surface area contributed by atoms with Crippen molar-refractivity contribution < 1.29 is 9.23 Å². The lowest BCUT2D eigenvalue weighted by Gasteiger charge is -2.15. The largest absolute Gasteiger partial charge is 0.396 e. The topological polar surface area (TPSA) is 63.8 Å². The van der Waals surface area contributed by atoms with Crippen molar-refractivity contribution in [3.05, 3.63) is 64.9 Å². The van der Waals surface area contributed by atoms with Gasteiger partial charge >= 0.3 is 0 Å². The van der Waals surface area contributed by atoms with Crippen LogP contribution in [0.3, 0.4) is 0 Å². The number of anilines is 1. The van der Waals surface area contributed by atoms with Crippen LogP contribution in [0, 0.1) is 5.82 Å². The lowest BCUT2D eigenvalue weighted by molar-refractivity contribution is 0.159. The van der Waals surface area contributed by atoms with Gasteiger partial charge in [0.05, 0.1) is 11.9 Å². The van der Waals surface area contributed by atoms with Crippen LogP contribution in [0.1, 0.15) is 36.4 Å². The number of rotatable bonds is 5. The molecular weight excluding hydrogens is 345 g/mol. The summed E-state index contributed by atoms with van der Waals surface area (Å²) in [7, 11) is 0. The van der Waals surface area contributed by atoms with Crippen molar-refractivity contribution in [3.63, 3.8) is 0 Å². The maximum absolute atomic E-state index is 14.6. The molecule has 0 atom stereocenters. The molecule has 0 aliphatic carbocycles. The van der Waals surface area contributed by atoms with E-state index < -0.39 is 0 Å². The molecular formula is C20H20FN5O. The Morgan fingerprint density at radius 1 is 1.37 bits per heavy atom. The molecule has 0 amide bonds. The maximum Gasteiger partial charge on any atom is 0.153 e. The summed E-state index contributed by atoms with van der Waals surface area (Å²) >= 11 is 0. The van der Waals surface area contributed by atoms with Gasteiger partial charge in [-0.25, -0.2) is 13.9 Å². The van der Waals surface area contributed by atoms with E-state index in [1.54, 1.807) is 16.8 Å². The molecule has 7 heteroatoms. The highest BCUT2D eigenvalue weighted by Gasteiger charge is 2.14. The first kappa shape index (κ1) is 17.2. The molecule has 138 valence electrons. The second-order valence-corrected chi connectivity index (χ2v) is 6.32. The minimum absolute atomic E-state index is 0.239. The van der Waals surface area contributed by atoms with E-state index in [2.05, 4.69) is 20.6 Å². The number of hydrogen-bond donors (Lipinski definition) is 1. The molecule has 3 aromatic rings. The molecule has 1 aliphatic rings. The lowest BCUT2D eigenvalue weighted by atomic mass is 10.0. The Hall–Kier alpha value is -3.22. The highest BCUT2D eigenvalue weighted by atomic mass is 19.1. The van der Waals surface area contributed by atoms with E-state index in [9.17, 15) is 4.39 Å². The van der Waals surface area contributed by atoms with E-state index in [0.717, 1.165) is 16.9 Å². The number of fused-ring (bicyclic) bond motifs is 2. The number of nitrogens with one attached hydrogen (secondary N) is 1. The first-order valence-electron chi connectivity index (χ1n) is 8.89. The van der Waals surface area contributed by atoms with Crippen LogP contribution in [0.15, 0.2) is 41.7 Å². The molecule has 0 unspecified atom stereocenters. The van der Waals surface area contributed by atoms with Crippen molar-refractivity contribution in [2.45, 2.75) is 20.3 Å². The summed E-state index contributed by atoms with van der Waals surface area (Å²) < 4.78 is 16.3. The predicted molar refractivity (Wildman–Crippen MR) is 104 cm³/mol. The zero-order valence-electron chi connectivity index (χ0n) is 15.2. The Bertz CT molecular complexity index is 1050. The van der Waals surface area contributed by atoms with Crippen LogP contribution in [0.4, 0.5) is 10.1 Å². The van der Waals surface area contributed by atoms with Crippen LogP contribution in [0.2, 0.25) is 0 Å². The molecule has 0 saturated heterocycles. The van der Waals surface area contributed by atoms with Crippen LogP contribution in [0.25, 0.3) is 11.7 Å². The van der Waals surface area contributed by atoms with Gasteiger partial charge in [-0.15, -0.1) is 0 Å². The third-order valence-corrected chi connectivity index (χ3v) is 4.43. The first-order valence-corrected chi connectivity index (χ1v) is 8.89. The molecule has 3 heterocycles. The monoisotopic (exact) mass is 365 g/mol. The number of nitrogens with zero attached hydrogens (tertiary/aromatic N) is 4. The van der Waals surface area contributed by atoms with Gasteiger partial charge in [-0.1, -0.05) is 17.3 Å². The highest BCUT2D eigenvalue weighted by molar-refractivity contribution is 5.96. The van der Waals surface area contributed by atoms with Crippen LogP contribution >= 0.6 is 0 Å². The summed E-state index contributed by atoms with van der Waals surface area (Å²) in [5.41, 5.74) is 5.29. The fourth-order valence-electron chi connectivity index (χ4n) is 3.06. The fourth-order valence-corrected chi connectivity index (χ4v) is 3.06. The number of aromatic nitrogens is 3. The van der Waals surface area contributed by atoms with Crippen LogP contribution in [-0.4, -0.2) is 33.5 Å². The Labute approximate surface area is 156 Å². The SMILES string of the molecule is CCO/N=C(\C)c1ccc2ncc(Cc3cc4c(cc3F)NCC=C4)n2n1. The van der Waals surface area contributed by atoms with Crippen LogP contribution in [0.5, 0.6) is 0 Å². The van der Waals surface area contributed by atoms with E-state index in [0.29, 0.717) is 42.2 Å². The Morgan fingerprint density at radius 2 is 2.26 bits per heavy atom. The standard InChI is InChI=1S/C20H20FN5O/c1-3-27-25-13(2)18-6-7-20-23-12-16(26(20)24-18)10-15-9-14-5-4-8-22-19(14)11-17(15)21/h4-7,9,11-12,22H,3,8,10H2,1-2H3/b25-13+. The third kappa shape index (κ3) is 3.40. The first-order chi connectivity index (χ1) is 13.2. The Balaban J connectivity index is 1.69. The van der Waals surface area contributed by atoms with Gasteiger partial charge in [0.1, 0.15) is 23.8 Å². The van der Waals surface area contributed by atoms with Gasteiger partial charge < -0.3 is 10.2 Å². The van der Waals surface area contributed by atoms with Crippen molar-refractivity contribution in [3.8, 4) is 0 Å². The summed E-state index contributed by atoms with van der Waals surface area (Å²) in [4.78, 5) is 9.47. The molecule has 6 nitrogen and oxygen atoms in total. The smallest absolute Gasteiger partial charge is 0.153 e. The third-order valence-electron chi connectivity index (χ3n) is 4.43. The van der Waals surface area contributed by atoms with Crippen molar-refractivity contribution in [2.75, 3.05) is 18.5 Å². The minimum atomic E-state index is -0.239. The lowest BCUT2D eigenvalue weighted by Crippen LogP contribution is -2.08. The van der Waals surface area contributed by atoms with E-state index in [-0.39, 0.29) is 5.82 Å². The number of oxime groups is 1. The average molecular weight is 365 g/mol. The molecule has 1 aromatic carbocycles. The summed E-state index contributed by atoms with van der Waals surface area (Å²) in [6, 6.07) is 7.14. The Kier molecular flexibility index (Phi) is 4.58. The van der Waals surface area contributed by atoms with Gasteiger partial charge in [0, 0.05) is 18.7 Å². The normalized spacial score (nSPS) is 13.5. The number of halogens is 1. The molecule has 0 bridgehead atoms. The van der Waals surface area contributed by atoms with Gasteiger partial charge in [-0.3, -0.25) is 0 Å². The van der Waals surface area contributed by atoms with E-state index in [1.165, 1.54) is 0 Å². The summed E-state index contributed by atoms with van der Waals surface area (Å²) in [5.74, 6) is -0.239. The molecule has 2 aromatic heterocycles. The molecule has 0 spiro atoms. The van der Waals surface area contributed by atoms with Gasteiger partial charge in [-0.05, 0) is 49.2 Å². The summed E-state index contributed by atoms with van der Waals surface area (Å²) in [6.07, 6.45) is 6.15. The molecule has 1 N–H and O–H groups in total. The zero-order chi connectivity index (χ0) is 18.8. The van der Waals surface area contributed by atoms with Gasteiger partial charge in [-0.2, -0.15) is 5.10 Å². The highest BCUT2D eigenvalue weighted by Crippen LogP contribution is 2.26. The molecule has 0 saturated carbocycles. The molecule has 4 rings (SSSR count). The zero-order valence-corrected chi connectivity index (χ0v) is 15.2. The second-order valence-electron chi connectivity index (χ2n) is 6.32. The summed E-state index contributed by atoms with van der Waals surface area (Å²) in [6.45, 7) is 4.92. The molecule has 0 radical (unpaired) electrons. The van der Waals surface area contributed by atoms with Crippen molar-refractivity contribution in [1.29, 1.82) is 0 Å². The number of benzene rings is 1. The molecule has 0 fully saturated rings. The number of hydrogen-bond acceptors (Lipinski definition) is 5. The second kappa shape index (κ2) is 7.19. The van der Waals surface area contributed by atoms with E-state index in [4.69, 9.17) is 4.84 Å². The minimum Gasteiger partial charge on any atom is -0.396 e. The van der Waals surface area contributed by atoms with E-state index in [1.807, 2.05) is 44.2 Å². The Morgan fingerprint density at radius 3 is 3.11 bits per heavy atom. The van der Waals surface area contributed by atoms with Crippen molar-refractivity contribution in [2.24, 2.45) is 5.16 Å². The number of imidazole rings is 1. The van der Waals surface area contributed by atoms with Crippen molar-refractivity contribution in [1.82, 2.24) is 14.6 Å². The maximum atomic E-state index is 14.6. The quantitative estimate of drug-likeness (QED) is 0.554. The predicted octanol–water partition coefficient (Wildman–Crippen LogP) is 3.66. The molecule has 1 aliphatic heterocycles. The van der Waals surface area contributed by atoms with Crippen LogP contribution in [-0.2, 0) is 11.3 Å². The van der Waals surface area contributed by atoms with E-state index >= 15 is 0 Å². The van der Waals surface area contributed by atoms with Crippen LogP contribution < -0.4 is 5.32 Å². The average Bonchev–Trinajstić information content (AvgIpc) is 3.08.